The van der Waals surface area contributed by atoms with Gasteiger partial charge in [0.05, 0.1) is 12.7 Å². The first-order valence-corrected chi connectivity index (χ1v) is 4.78. The zero-order chi connectivity index (χ0) is 10.0. The average molecular weight is 190 g/mol. The predicted octanol–water partition coefficient (Wildman–Crippen LogP) is 2.20. The summed E-state index contributed by atoms with van der Waals surface area (Å²) in [7, 11) is 1.63. The molecule has 14 heavy (non-hydrogen) atoms. The highest BCUT2D eigenvalue weighted by atomic mass is 16.5. The first-order chi connectivity index (χ1) is 6.73. The van der Waals surface area contributed by atoms with Gasteiger partial charge in [-0.25, -0.2) is 0 Å². The van der Waals surface area contributed by atoms with Crippen molar-refractivity contribution < 1.29 is 9.84 Å². The lowest BCUT2D eigenvalue weighted by Crippen LogP contribution is -2.03. The standard InChI is InChI=1S/C12H14O2/c1-14-11(9-12(13)7-8-12)10-5-3-2-4-6-10/h2-6,9,13H,7-8H2,1H3. The van der Waals surface area contributed by atoms with Gasteiger partial charge in [-0.3, -0.25) is 0 Å². The first kappa shape index (κ1) is 9.28. The van der Waals surface area contributed by atoms with Gasteiger partial charge in [0.25, 0.3) is 0 Å². The Morgan fingerprint density at radius 3 is 2.50 bits per heavy atom. The van der Waals surface area contributed by atoms with Gasteiger partial charge in [0.2, 0.25) is 0 Å². The largest absolute Gasteiger partial charge is 0.496 e. The summed E-state index contributed by atoms with van der Waals surface area (Å²) >= 11 is 0. The Morgan fingerprint density at radius 2 is 2.00 bits per heavy atom. The predicted molar refractivity (Wildman–Crippen MR) is 55.6 cm³/mol. The minimum atomic E-state index is -0.610. The van der Waals surface area contributed by atoms with Gasteiger partial charge in [0, 0.05) is 5.56 Å². The molecule has 0 heterocycles. The van der Waals surface area contributed by atoms with E-state index in [2.05, 4.69) is 0 Å². The highest BCUT2D eigenvalue weighted by Gasteiger charge is 2.38. The lowest BCUT2D eigenvalue weighted by Gasteiger charge is -2.08. The molecule has 0 bridgehead atoms. The number of methoxy groups -OCH3 is 1. The molecule has 2 nitrogen and oxygen atoms in total. The molecule has 0 atom stereocenters. The van der Waals surface area contributed by atoms with Crippen LogP contribution in [0.2, 0.25) is 0 Å². The van der Waals surface area contributed by atoms with Crippen LogP contribution >= 0.6 is 0 Å². The molecule has 1 fully saturated rings. The third-order valence-corrected chi connectivity index (χ3v) is 2.44. The van der Waals surface area contributed by atoms with E-state index in [1.165, 1.54) is 0 Å². The van der Waals surface area contributed by atoms with E-state index in [-0.39, 0.29) is 0 Å². The average Bonchev–Trinajstić information content (AvgIpc) is 2.95. The quantitative estimate of drug-likeness (QED) is 0.740. The monoisotopic (exact) mass is 190 g/mol. The van der Waals surface area contributed by atoms with Crippen LogP contribution in [0.4, 0.5) is 0 Å². The van der Waals surface area contributed by atoms with Crippen molar-refractivity contribution in [3.05, 3.63) is 42.0 Å². The molecule has 1 N–H and O–H groups in total. The zero-order valence-corrected chi connectivity index (χ0v) is 8.23. The molecule has 0 saturated heterocycles. The summed E-state index contributed by atoms with van der Waals surface area (Å²) in [5.74, 6) is 0.755. The summed E-state index contributed by atoms with van der Waals surface area (Å²) in [4.78, 5) is 0. The van der Waals surface area contributed by atoms with Gasteiger partial charge in [-0.1, -0.05) is 30.3 Å². The van der Waals surface area contributed by atoms with Crippen molar-refractivity contribution >= 4 is 5.76 Å². The highest BCUT2D eigenvalue weighted by Crippen LogP contribution is 2.38. The SMILES string of the molecule is COC(=CC1(O)CC1)c1ccccc1. The Balaban J connectivity index is 2.26. The fourth-order valence-corrected chi connectivity index (χ4v) is 1.38. The third-order valence-electron chi connectivity index (χ3n) is 2.44. The summed E-state index contributed by atoms with van der Waals surface area (Å²) in [5, 5.41) is 9.74. The fraction of sp³-hybridized carbons (Fsp3) is 0.333. The van der Waals surface area contributed by atoms with E-state index >= 15 is 0 Å². The summed E-state index contributed by atoms with van der Waals surface area (Å²) < 4.78 is 5.25. The van der Waals surface area contributed by atoms with E-state index in [0.29, 0.717) is 0 Å². The van der Waals surface area contributed by atoms with Crippen molar-refractivity contribution in [2.75, 3.05) is 7.11 Å². The zero-order valence-electron chi connectivity index (χ0n) is 8.23. The molecule has 1 aromatic rings. The Hall–Kier alpha value is -1.28. The van der Waals surface area contributed by atoms with Crippen LogP contribution in [0, 0.1) is 0 Å². The number of hydrogen-bond donors (Lipinski definition) is 1. The van der Waals surface area contributed by atoms with Gasteiger partial charge in [-0.2, -0.15) is 0 Å². The lowest BCUT2D eigenvalue weighted by atomic mass is 10.1. The van der Waals surface area contributed by atoms with Gasteiger partial charge in [0.1, 0.15) is 5.76 Å². The molecule has 2 rings (SSSR count). The van der Waals surface area contributed by atoms with Gasteiger partial charge in [-0.15, -0.1) is 0 Å². The summed E-state index contributed by atoms with van der Waals surface area (Å²) in [6.45, 7) is 0. The van der Waals surface area contributed by atoms with Crippen molar-refractivity contribution in [2.45, 2.75) is 18.4 Å². The molecular formula is C12H14O2. The maximum atomic E-state index is 9.74. The lowest BCUT2D eigenvalue weighted by molar-refractivity contribution is 0.199. The van der Waals surface area contributed by atoms with Crippen LogP contribution in [0.25, 0.3) is 5.76 Å². The van der Waals surface area contributed by atoms with E-state index < -0.39 is 5.60 Å². The van der Waals surface area contributed by atoms with Crippen LogP contribution in [0.1, 0.15) is 18.4 Å². The van der Waals surface area contributed by atoms with Crippen molar-refractivity contribution in [1.82, 2.24) is 0 Å². The second kappa shape index (κ2) is 3.46. The van der Waals surface area contributed by atoms with Gasteiger partial charge in [-0.05, 0) is 18.9 Å². The second-order valence-electron chi connectivity index (χ2n) is 3.68. The van der Waals surface area contributed by atoms with E-state index in [0.717, 1.165) is 24.2 Å². The molecule has 1 aliphatic carbocycles. The summed E-state index contributed by atoms with van der Waals surface area (Å²) in [5.41, 5.74) is 0.400. The Bertz CT molecular complexity index is 337. The normalized spacial score (nSPS) is 19.1. The van der Waals surface area contributed by atoms with E-state index in [1.54, 1.807) is 7.11 Å². The molecule has 74 valence electrons. The first-order valence-electron chi connectivity index (χ1n) is 4.78. The molecule has 1 aliphatic rings. The van der Waals surface area contributed by atoms with Gasteiger partial charge >= 0.3 is 0 Å². The third kappa shape index (κ3) is 1.96. The number of benzene rings is 1. The second-order valence-corrected chi connectivity index (χ2v) is 3.68. The Labute approximate surface area is 83.8 Å². The number of hydrogen-bond acceptors (Lipinski definition) is 2. The van der Waals surface area contributed by atoms with E-state index in [4.69, 9.17) is 4.74 Å². The van der Waals surface area contributed by atoms with Gasteiger partial charge in [0.15, 0.2) is 0 Å². The van der Waals surface area contributed by atoms with Crippen LogP contribution in [0.15, 0.2) is 36.4 Å². The van der Waals surface area contributed by atoms with Crippen LogP contribution in [-0.2, 0) is 4.74 Å². The van der Waals surface area contributed by atoms with Crippen LogP contribution in [0.5, 0.6) is 0 Å². The Kier molecular flexibility index (Phi) is 2.30. The maximum Gasteiger partial charge on any atom is 0.124 e. The van der Waals surface area contributed by atoms with Crippen molar-refractivity contribution in [2.24, 2.45) is 0 Å². The summed E-state index contributed by atoms with van der Waals surface area (Å²) in [6, 6.07) is 9.82. The van der Waals surface area contributed by atoms with Crippen LogP contribution in [0.3, 0.4) is 0 Å². The van der Waals surface area contributed by atoms with Gasteiger partial charge < -0.3 is 9.84 Å². The highest BCUT2D eigenvalue weighted by molar-refractivity contribution is 5.61. The van der Waals surface area contributed by atoms with Crippen LogP contribution in [-0.4, -0.2) is 17.8 Å². The van der Waals surface area contributed by atoms with E-state index in [1.807, 2.05) is 36.4 Å². The number of rotatable bonds is 3. The smallest absolute Gasteiger partial charge is 0.124 e. The molecule has 0 radical (unpaired) electrons. The minimum Gasteiger partial charge on any atom is -0.496 e. The molecular weight excluding hydrogens is 176 g/mol. The molecule has 1 aromatic carbocycles. The molecule has 0 amide bonds. The maximum absolute atomic E-state index is 9.74. The molecule has 0 spiro atoms. The molecule has 0 aromatic heterocycles. The summed E-state index contributed by atoms with van der Waals surface area (Å²) in [6.07, 6.45) is 3.49. The molecule has 0 unspecified atom stereocenters. The fourth-order valence-electron chi connectivity index (χ4n) is 1.38. The molecule has 0 aliphatic heterocycles. The molecule has 1 saturated carbocycles. The number of aliphatic hydroxyl groups is 1. The number of ether oxygens (including phenoxy) is 1. The van der Waals surface area contributed by atoms with Crippen LogP contribution < -0.4 is 0 Å². The van der Waals surface area contributed by atoms with Crippen molar-refractivity contribution in [3.8, 4) is 0 Å². The van der Waals surface area contributed by atoms with Crippen molar-refractivity contribution in [1.29, 1.82) is 0 Å². The van der Waals surface area contributed by atoms with Crippen molar-refractivity contribution in [3.63, 3.8) is 0 Å². The van der Waals surface area contributed by atoms with E-state index in [9.17, 15) is 5.11 Å². The minimum absolute atomic E-state index is 0.610. The Morgan fingerprint density at radius 1 is 1.36 bits per heavy atom. The molecule has 2 heteroatoms. The topological polar surface area (TPSA) is 29.5 Å².